The fourth-order valence-electron chi connectivity index (χ4n) is 2.03. The third kappa shape index (κ3) is 4.18. The van der Waals surface area contributed by atoms with Gasteiger partial charge in [-0.1, -0.05) is 0 Å². The van der Waals surface area contributed by atoms with E-state index < -0.39 is 0 Å². The molecule has 0 spiro atoms. The fourth-order valence-corrected chi connectivity index (χ4v) is 3.28. The molecule has 0 aromatic heterocycles. The molecule has 2 rings (SSSR count). The smallest absolute Gasteiger partial charge is 0.248 e. The van der Waals surface area contributed by atoms with Gasteiger partial charge in [0.25, 0.3) is 0 Å². The molecule has 0 unspecified atom stereocenters. The molecule has 0 aromatic carbocycles. The minimum atomic E-state index is -0.300. The van der Waals surface area contributed by atoms with Crippen LogP contribution in [0.2, 0.25) is 0 Å². The van der Waals surface area contributed by atoms with Gasteiger partial charge in [-0.25, -0.2) is 0 Å². The lowest BCUT2D eigenvalue weighted by Gasteiger charge is -2.24. The van der Waals surface area contributed by atoms with Crippen LogP contribution in [0.1, 0.15) is 39.5 Å². The van der Waals surface area contributed by atoms with Gasteiger partial charge in [0.05, 0.1) is 6.61 Å². The average Bonchev–Trinajstić information content (AvgIpc) is 3.05. The number of hydrogen-bond acceptors (Lipinski definition) is 3. The molecule has 0 radical (unpaired) electrons. The molecule has 1 saturated heterocycles. The predicted molar refractivity (Wildman–Crippen MR) is 71.2 cm³/mol. The molecule has 1 N–H and O–H groups in total. The van der Waals surface area contributed by atoms with E-state index in [-0.39, 0.29) is 16.8 Å². The Kier molecular flexibility index (Phi) is 4.36. The van der Waals surface area contributed by atoms with Crippen LogP contribution in [-0.4, -0.2) is 35.7 Å². The predicted octanol–water partition coefficient (Wildman–Crippen LogP) is 2.20. The Bertz CT molecular complexity index is 273. The number of amides is 1. The van der Waals surface area contributed by atoms with Gasteiger partial charge in [-0.3, -0.25) is 4.79 Å². The second-order valence-electron chi connectivity index (χ2n) is 5.54. The molecular formula is C13H23NO2S. The summed E-state index contributed by atoms with van der Waals surface area (Å²) in [6, 6.07) is 0. The van der Waals surface area contributed by atoms with E-state index in [1.165, 1.54) is 31.4 Å². The number of thioether (sulfide) groups is 1. The highest BCUT2D eigenvalue weighted by Crippen LogP contribution is 2.37. The second kappa shape index (κ2) is 5.61. The zero-order valence-electron chi connectivity index (χ0n) is 10.8. The quantitative estimate of drug-likeness (QED) is 0.793. The van der Waals surface area contributed by atoms with Crippen molar-refractivity contribution in [3.05, 3.63) is 0 Å². The van der Waals surface area contributed by atoms with Crippen molar-refractivity contribution in [3.8, 4) is 0 Å². The summed E-state index contributed by atoms with van der Waals surface area (Å²) >= 11 is 1.97. The number of carbonyl (C=O) groups excluding carboxylic acids is 1. The van der Waals surface area contributed by atoms with Crippen molar-refractivity contribution in [2.45, 2.75) is 50.4 Å². The lowest BCUT2D eigenvalue weighted by atomic mass is 10.1. The van der Waals surface area contributed by atoms with Crippen LogP contribution in [0.25, 0.3) is 0 Å². The summed E-state index contributed by atoms with van der Waals surface area (Å²) in [5.41, 5.74) is 0. The molecule has 98 valence electrons. The molecule has 0 bridgehead atoms. The van der Waals surface area contributed by atoms with Crippen LogP contribution in [0, 0.1) is 5.92 Å². The normalized spacial score (nSPS) is 30.2. The first-order chi connectivity index (χ1) is 8.09. The SMILES string of the molecule is C[C@H](OCC1CC1)C(=O)NC[C@@]1(C)CCCS1. The number of rotatable bonds is 6. The Hall–Kier alpha value is -0.220. The van der Waals surface area contributed by atoms with Gasteiger partial charge < -0.3 is 10.1 Å². The van der Waals surface area contributed by atoms with E-state index in [0.29, 0.717) is 5.92 Å². The Morgan fingerprint density at radius 2 is 2.35 bits per heavy atom. The van der Waals surface area contributed by atoms with Crippen molar-refractivity contribution in [1.29, 1.82) is 0 Å². The zero-order chi connectivity index (χ0) is 12.3. The van der Waals surface area contributed by atoms with Crippen LogP contribution in [0.3, 0.4) is 0 Å². The summed E-state index contributed by atoms with van der Waals surface area (Å²) in [6.07, 6.45) is 4.71. The highest BCUT2D eigenvalue weighted by molar-refractivity contribution is 8.00. The van der Waals surface area contributed by atoms with Gasteiger partial charge in [-0.2, -0.15) is 11.8 Å². The van der Waals surface area contributed by atoms with E-state index >= 15 is 0 Å². The first-order valence-corrected chi connectivity index (χ1v) is 7.61. The van der Waals surface area contributed by atoms with Gasteiger partial charge in [-0.05, 0) is 51.2 Å². The number of hydrogen-bond donors (Lipinski definition) is 1. The van der Waals surface area contributed by atoms with E-state index in [0.717, 1.165) is 13.2 Å². The Morgan fingerprint density at radius 1 is 1.59 bits per heavy atom. The second-order valence-corrected chi connectivity index (χ2v) is 7.22. The molecule has 2 fully saturated rings. The molecule has 1 heterocycles. The Morgan fingerprint density at radius 3 is 2.94 bits per heavy atom. The molecule has 1 aliphatic heterocycles. The molecule has 2 aliphatic rings. The van der Waals surface area contributed by atoms with Gasteiger partial charge >= 0.3 is 0 Å². The van der Waals surface area contributed by atoms with Crippen LogP contribution < -0.4 is 5.32 Å². The van der Waals surface area contributed by atoms with Gasteiger partial charge in [-0.15, -0.1) is 0 Å². The largest absolute Gasteiger partial charge is 0.368 e. The monoisotopic (exact) mass is 257 g/mol. The minimum absolute atomic E-state index is 0.0411. The van der Waals surface area contributed by atoms with Crippen molar-refractivity contribution in [2.24, 2.45) is 5.92 Å². The summed E-state index contributed by atoms with van der Waals surface area (Å²) in [7, 11) is 0. The van der Waals surface area contributed by atoms with Gasteiger partial charge in [0.1, 0.15) is 6.10 Å². The minimum Gasteiger partial charge on any atom is -0.368 e. The maximum Gasteiger partial charge on any atom is 0.248 e. The summed E-state index contributed by atoms with van der Waals surface area (Å²) in [4.78, 5) is 11.8. The average molecular weight is 257 g/mol. The highest BCUT2D eigenvalue weighted by atomic mass is 32.2. The van der Waals surface area contributed by atoms with Gasteiger partial charge in [0.15, 0.2) is 0 Å². The van der Waals surface area contributed by atoms with Crippen LogP contribution in [0.4, 0.5) is 0 Å². The summed E-state index contributed by atoms with van der Waals surface area (Å²) in [5, 5.41) is 3.02. The van der Waals surface area contributed by atoms with Crippen molar-refractivity contribution < 1.29 is 9.53 Å². The lowest BCUT2D eigenvalue weighted by Crippen LogP contribution is -2.42. The van der Waals surface area contributed by atoms with Crippen molar-refractivity contribution in [3.63, 3.8) is 0 Å². The molecule has 1 saturated carbocycles. The summed E-state index contributed by atoms with van der Waals surface area (Å²) in [6.45, 7) is 5.61. The van der Waals surface area contributed by atoms with Gasteiger partial charge in [0, 0.05) is 11.3 Å². The van der Waals surface area contributed by atoms with Crippen molar-refractivity contribution >= 4 is 17.7 Å². The van der Waals surface area contributed by atoms with Crippen molar-refractivity contribution in [1.82, 2.24) is 5.32 Å². The first-order valence-electron chi connectivity index (χ1n) is 6.62. The number of nitrogens with one attached hydrogen (secondary N) is 1. The van der Waals surface area contributed by atoms with Crippen molar-refractivity contribution in [2.75, 3.05) is 18.9 Å². The number of ether oxygens (including phenoxy) is 1. The maximum atomic E-state index is 11.8. The third-order valence-electron chi connectivity index (χ3n) is 3.59. The molecule has 17 heavy (non-hydrogen) atoms. The summed E-state index contributed by atoms with van der Waals surface area (Å²) < 4.78 is 5.80. The third-order valence-corrected chi connectivity index (χ3v) is 5.12. The highest BCUT2D eigenvalue weighted by Gasteiger charge is 2.30. The van der Waals surface area contributed by atoms with E-state index in [1.54, 1.807) is 0 Å². The van der Waals surface area contributed by atoms with E-state index in [2.05, 4.69) is 12.2 Å². The van der Waals surface area contributed by atoms with E-state index in [1.807, 2.05) is 18.7 Å². The van der Waals surface area contributed by atoms with E-state index in [4.69, 9.17) is 4.74 Å². The maximum absolute atomic E-state index is 11.8. The van der Waals surface area contributed by atoms with Crippen LogP contribution in [0.5, 0.6) is 0 Å². The molecular weight excluding hydrogens is 234 g/mol. The zero-order valence-corrected chi connectivity index (χ0v) is 11.6. The Balaban J connectivity index is 1.64. The molecule has 1 aliphatic carbocycles. The van der Waals surface area contributed by atoms with Crippen LogP contribution >= 0.6 is 11.8 Å². The topological polar surface area (TPSA) is 38.3 Å². The fraction of sp³-hybridized carbons (Fsp3) is 0.923. The first kappa shape index (κ1) is 13.2. The molecule has 4 heteroatoms. The Labute approximate surface area is 108 Å². The van der Waals surface area contributed by atoms with E-state index in [9.17, 15) is 4.79 Å². The molecule has 2 atom stereocenters. The lowest BCUT2D eigenvalue weighted by molar-refractivity contribution is -0.132. The van der Waals surface area contributed by atoms with Crippen LogP contribution in [-0.2, 0) is 9.53 Å². The molecule has 1 amide bonds. The van der Waals surface area contributed by atoms with Crippen LogP contribution in [0.15, 0.2) is 0 Å². The summed E-state index contributed by atoms with van der Waals surface area (Å²) in [5.74, 6) is 1.98. The standard InChI is InChI=1S/C13H23NO2S/c1-10(16-8-11-4-5-11)12(15)14-9-13(2)6-3-7-17-13/h10-11H,3-9H2,1-2H3,(H,14,15)/t10-,13+/m0/s1. The number of carbonyl (C=O) groups is 1. The molecule has 0 aromatic rings. The van der Waals surface area contributed by atoms with Gasteiger partial charge in [0.2, 0.25) is 5.91 Å². The molecule has 3 nitrogen and oxygen atoms in total.